The second-order valence-electron chi connectivity index (χ2n) is 8.53. The van der Waals surface area contributed by atoms with Crippen LogP contribution in [-0.4, -0.2) is 46.6 Å². The lowest BCUT2D eigenvalue weighted by Crippen LogP contribution is -2.45. The fraction of sp³-hybridized carbons (Fsp3) is 0.231. The Kier molecular flexibility index (Phi) is 6.32. The molecule has 8 nitrogen and oxygen atoms in total. The zero-order valence-electron chi connectivity index (χ0n) is 18.9. The summed E-state index contributed by atoms with van der Waals surface area (Å²) in [4.78, 5) is 52.9. The van der Waals surface area contributed by atoms with E-state index < -0.39 is 35.8 Å². The monoisotopic (exact) mass is 458 g/mol. The summed E-state index contributed by atoms with van der Waals surface area (Å²) in [6.07, 6.45) is -0.0203. The van der Waals surface area contributed by atoms with Crippen molar-refractivity contribution >= 4 is 34.5 Å². The summed E-state index contributed by atoms with van der Waals surface area (Å²) in [5, 5.41) is 4.71. The average Bonchev–Trinajstić information content (AvgIpc) is 3.05. The van der Waals surface area contributed by atoms with Gasteiger partial charge in [-0.1, -0.05) is 66.7 Å². The highest BCUT2D eigenvalue weighted by Crippen LogP contribution is 2.31. The number of carbonyl (C=O) groups excluding carboxylic acids is 4. The quantitative estimate of drug-likeness (QED) is 0.505. The molecule has 0 saturated carbocycles. The Bertz CT molecular complexity index is 1260. The summed E-state index contributed by atoms with van der Waals surface area (Å²) in [6, 6.07) is 21.9. The van der Waals surface area contributed by atoms with Crippen molar-refractivity contribution in [3.63, 3.8) is 0 Å². The van der Waals surface area contributed by atoms with Crippen molar-refractivity contribution in [2.75, 3.05) is 13.1 Å². The Balaban J connectivity index is 1.54. The van der Waals surface area contributed by atoms with E-state index in [0.29, 0.717) is 5.56 Å². The summed E-state index contributed by atoms with van der Waals surface area (Å²) in [7, 11) is 0. The Hall–Kier alpha value is -4.20. The van der Waals surface area contributed by atoms with Gasteiger partial charge in [0.15, 0.2) is 0 Å². The van der Waals surface area contributed by atoms with E-state index >= 15 is 0 Å². The minimum Gasteiger partial charge on any atom is -0.370 e. The van der Waals surface area contributed by atoms with Gasteiger partial charge in [-0.25, -0.2) is 4.79 Å². The number of hydrogen-bond donors (Lipinski definition) is 2. The van der Waals surface area contributed by atoms with Crippen molar-refractivity contribution in [3.05, 3.63) is 83.9 Å². The normalized spacial score (nSPS) is 17.6. The minimum atomic E-state index is -1.29. The van der Waals surface area contributed by atoms with E-state index in [9.17, 15) is 19.2 Å². The highest BCUT2D eigenvalue weighted by molar-refractivity contribution is 6.09. The highest BCUT2D eigenvalue weighted by atomic mass is 16.2. The SMILES string of the molecule is CC1(c2ccc3ccccc3c2)NC(=O)N(CC(=O)N(CCC(N)=O)Cc2ccccc2)C1=O. The predicted molar refractivity (Wildman–Crippen MR) is 127 cm³/mol. The lowest BCUT2D eigenvalue weighted by Gasteiger charge is -2.25. The number of benzene rings is 3. The van der Waals surface area contributed by atoms with Gasteiger partial charge in [-0.3, -0.25) is 19.3 Å². The molecule has 0 aliphatic carbocycles. The number of urea groups is 1. The Morgan fingerprint density at radius 2 is 1.65 bits per heavy atom. The molecule has 3 aromatic carbocycles. The van der Waals surface area contributed by atoms with Gasteiger partial charge in [-0.15, -0.1) is 0 Å². The summed E-state index contributed by atoms with van der Waals surface area (Å²) >= 11 is 0. The van der Waals surface area contributed by atoms with Crippen molar-refractivity contribution < 1.29 is 19.2 Å². The highest BCUT2D eigenvalue weighted by Gasteiger charge is 2.49. The maximum Gasteiger partial charge on any atom is 0.325 e. The molecule has 0 radical (unpaired) electrons. The number of nitrogens with two attached hydrogens (primary N) is 1. The lowest BCUT2D eigenvalue weighted by atomic mass is 9.90. The van der Waals surface area contributed by atoms with Crippen molar-refractivity contribution in [1.82, 2.24) is 15.1 Å². The second-order valence-corrected chi connectivity index (χ2v) is 8.53. The Morgan fingerprint density at radius 3 is 2.35 bits per heavy atom. The molecular weight excluding hydrogens is 432 g/mol. The molecule has 1 unspecified atom stereocenters. The zero-order valence-corrected chi connectivity index (χ0v) is 18.9. The Morgan fingerprint density at radius 1 is 0.971 bits per heavy atom. The third kappa shape index (κ3) is 4.61. The number of carbonyl (C=O) groups is 4. The van der Waals surface area contributed by atoms with Crippen LogP contribution < -0.4 is 11.1 Å². The molecule has 4 rings (SSSR count). The number of nitrogens with zero attached hydrogens (tertiary/aromatic N) is 2. The fourth-order valence-electron chi connectivity index (χ4n) is 4.11. The number of fused-ring (bicyclic) bond motifs is 1. The van der Waals surface area contributed by atoms with Gasteiger partial charge in [0.2, 0.25) is 11.8 Å². The molecular formula is C26H26N4O4. The van der Waals surface area contributed by atoms with Crippen LogP contribution in [0.2, 0.25) is 0 Å². The van der Waals surface area contributed by atoms with Crippen LogP contribution in [-0.2, 0) is 26.5 Å². The second kappa shape index (κ2) is 9.35. The summed E-state index contributed by atoms with van der Waals surface area (Å²) in [6.45, 7) is 1.53. The van der Waals surface area contributed by atoms with Gasteiger partial charge in [-0.05, 0) is 34.9 Å². The molecule has 1 atom stereocenters. The van der Waals surface area contributed by atoms with Crippen LogP contribution in [0.3, 0.4) is 0 Å². The van der Waals surface area contributed by atoms with Crippen molar-refractivity contribution in [1.29, 1.82) is 0 Å². The Labute approximate surface area is 197 Å². The van der Waals surface area contributed by atoms with E-state index in [1.54, 1.807) is 13.0 Å². The topological polar surface area (TPSA) is 113 Å². The molecule has 5 amide bonds. The van der Waals surface area contributed by atoms with Gasteiger partial charge >= 0.3 is 6.03 Å². The maximum absolute atomic E-state index is 13.4. The molecule has 1 fully saturated rings. The number of rotatable bonds is 8. The van der Waals surface area contributed by atoms with Gasteiger partial charge in [-0.2, -0.15) is 0 Å². The van der Waals surface area contributed by atoms with Crippen LogP contribution in [0.25, 0.3) is 10.8 Å². The average molecular weight is 459 g/mol. The van der Waals surface area contributed by atoms with E-state index in [2.05, 4.69) is 5.32 Å². The van der Waals surface area contributed by atoms with Crippen LogP contribution in [0.15, 0.2) is 72.8 Å². The smallest absolute Gasteiger partial charge is 0.325 e. The molecule has 0 bridgehead atoms. The summed E-state index contributed by atoms with van der Waals surface area (Å²) in [5.41, 5.74) is 5.48. The number of amides is 5. The fourth-order valence-corrected chi connectivity index (χ4v) is 4.11. The van der Waals surface area contributed by atoms with E-state index in [1.807, 2.05) is 66.7 Å². The molecule has 1 heterocycles. The molecule has 34 heavy (non-hydrogen) atoms. The lowest BCUT2D eigenvalue weighted by molar-refractivity contribution is -0.139. The molecule has 1 aliphatic rings. The van der Waals surface area contributed by atoms with Gasteiger partial charge in [0.1, 0.15) is 12.1 Å². The van der Waals surface area contributed by atoms with Crippen LogP contribution in [0.4, 0.5) is 4.79 Å². The van der Waals surface area contributed by atoms with Crippen molar-refractivity contribution in [2.24, 2.45) is 5.73 Å². The van der Waals surface area contributed by atoms with Gasteiger partial charge < -0.3 is 16.0 Å². The first-order valence-electron chi connectivity index (χ1n) is 11.0. The molecule has 3 N–H and O–H groups in total. The molecule has 1 aliphatic heterocycles. The number of nitrogens with one attached hydrogen (secondary N) is 1. The summed E-state index contributed by atoms with van der Waals surface area (Å²) < 4.78 is 0. The van der Waals surface area contributed by atoms with E-state index in [-0.39, 0.29) is 19.5 Å². The van der Waals surface area contributed by atoms with Gasteiger partial charge in [0, 0.05) is 19.5 Å². The predicted octanol–water partition coefficient (Wildman–Crippen LogP) is 2.51. The molecule has 1 saturated heterocycles. The van der Waals surface area contributed by atoms with Crippen molar-refractivity contribution in [2.45, 2.75) is 25.4 Å². The van der Waals surface area contributed by atoms with Gasteiger partial charge in [0.05, 0.1) is 0 Å². The third-order valence-corrected chi connectivity index (χ3v) is 6.09. The first-order valence-corrected chi connectivity index (χ1v) is 11.0. The molecule has 8 heteroatoms. The van der Waals surface area contributed by atoms with Crippen LogP contribution >= 0.6 is 0 Å². The van der Waals surface area contributed by atoms with E-state index in [1.165, 1.54) is 4.90 Å². The maximum atomic E-state index is 13.4. The van der Waals surface area contributed by atoms with Crippen LogP contribution in [0, 0.1) is 0 Å². The van der Waals surface area contributed by atoms with Crippen LogP contribution in [0.1, 0.15) is 24.5 Å². The summed E-state index contributed by atoms with van der Waals surface area (Å²) in [5.74, 6) is -1.49. The van der Waals surface area contributed by atoms with E-state index in [4.69, 9.17) is 5.73 Å². The van der Waals surface area contributed by atoms with Crippen molar-refractivity contribution in [3.8, 4) is 0 Å². The molecule has 174 valence electrons. The minimum absolute atomic E-state index is 0.0203. The number of hydrogen-bond acceptors (Lipinski definition) is 4. The first-order chi connectivity index (χ1) is 16.3. The van der Waals surface area contributed by atoms with Gasteiger partial charge in [0.25, 0.3) is 5.91 Å². The number of primary amides is 1. The van der Waals surface area contributed by atoms with Crippen LogP contribution in [0.5, 0.6) is 0 Å². The molecule has 0 spiro atoms. The number of imide groups is 1. The molecule has 3 aromatic rings. The first kappa shape index (κ1) is 23.0. The largest absolute Gasteiger partial charge is 0.370 e. The third-order valence-electron chi connectivity index (χ3n) is 6.09. The molecule has 0 aromatic heterocycles. The standard InChI is InChI=1S/C26H26N4O4/c1-26(21-12-11-19-9-5-6-10-20(19)15-21)24(33)30(25(34)28-26)17-23(32)29(14-13-22(27)31)16-18-7-3-2-4-8-18/h2-12,15H,13-14,16-17H2,1H3,(H2,27,31)(H,28,34). The zero-order chi connectivity index (χ0) is 24.3. The van der Waals surface area contributed by atoms with E-state index in [0.717, 1.165) is 21.2 Å².